The van der Waals surface area contributed by atoms with Crippen LogP contribution in [0.25, 0.3) is 5.65 Å². The summed E-state index contributed by atoms with van der Waals surface area (Å²) in [6.07, 6.45) is 5.97. The van der Waals surface area contributed by atoms with Gasteiger partial charge in [-0.15, -0.1) is 0 Å². The second-order valence-corrected chi connectivity index (χ2v) is 10.4. The molecule has 3 saturated heterocycles. The maximum absolute atomic E-state index is 13.6. The number of ether oxygens (including phenoxy) is 1. The Morgan fingerprint density at radius 2 is 1.64 bits per heavy atom. The van der Waals surface area contributed by atoms with Crippen molar-refractivity contribution < 1.29 is 29.3 Å². The van der Waals surface area contributed by atoms with Crippen molar-refractivity contribution in [2.24, 2.45) is 11.3 Å². The Kier molecular flexibility index (Phi) is 8.66. The summed E-state index contributed by atoms with van der Waals surface area (Å²) in [6, 6.07) is 16.8. The standard InChI is InChI=1S/C25H28N4O2.2C2H4O2/c30-23(25-17-26-14-20(25)16-31-18-25)28-12-9-24(10-13-28,19-6-2-1-3-7-19)21-15-29-11-5-4-8-22(29)27-21;2*1-2(3)4/h1-8,11,15,20,26H,9-10,12-14,16-18H2;2*1H3,(H,3,4)/t20-,25-;;/m0../s1. The molecule has 0 radical (unpaired) electrons. The number of imidazole rings is 1. The van der Waals surface area contributed by atoms with E-state index in [0.29, 0.717) is 19.1 Å². The van der Waals surface area contributed by atoms with Crippen LogP contribution < -0.4 is 5.32 Å². The van der Waals surface area contributed by atoms with Crippen LogP contribution in [-0.2, 0) is 24.5 Å². The number of hydrogen-bond acceptors (Lipinski definition) is 6. The average molecular weight is 537 g/mol. The molecular weight excluding hydrogens is 500 g/mol. The number of carbonyl (C=O) groups excluding carboxylic acids is 1. The first-order valence-corrected chi connectivity index (χ1v) is 13.1. The topological polar surface area (TPSA) is 133 Å². The predicted molar refractivity (Wildman–Crippen MR) is 144 cm³/mol. The number of piperidine rings is 1. The fraction of sp³-hybridized carbons (Fsp3) is 0.448. The number of fused-ring (bicyclic) bond motifs is 2. The third kappa shape index (κ3) is 5.97. The molecular formula is C29H36N4O6. The van der Waals surface area contributed by atoms with Crippen molar-refractivity contribution in [3.8, 4) is 0 Å². The smallest absolute Gasteiger partial charge is 0.300 e. The summed E-state index contributed by atoms with van der Waals surface area (Å²) in [7, 11) is 0. The Morgan fingerprint density at radius 1 is 1.00 bits per heavy atom. The van der Waals surface area contributed by atoms with Crippen LogP contribution in [0.4, 0.5) is 0 Å². The van der Waals surface area contributed by atoms with Crippen molar-refractivity contribution in [3.63, 3.8) is 0 Å². The lowest BCUT2D eigenvalue weighted by Crippen LogP contribution is -2.53. The summed E-state index contributed by atoms with van der Waals surface area (Å²) in [5, 5.41) is 18.3. The number of carboxylic acids is 2. The maximum atomic E-state index is 13.6. The molecule has 0 bridgehead atoms. The predicted octanol–water partition coefficient (Wildman–Crippen LogP) is 2.66. The van der Waals surface area contributed by atoms with Gasteiger partial charge in [-0.2, -0.15) is 0 Å². The SMILES string of the molecule is CC(=O)O.CC(=O)O.O=C(N1CCC(c2ccccc2)(c2cn3ccccc3n2)CC1)[C@]12CNC[C@H]1COC2. The fourth-order valence-corrected chi connectivity index (χ4v) is 5.91. The van der Waals surface area contributed by atoms with Crippen molar-refractivity contribution in [2.75, 3.05) is 39.4 Å². The van der Waals surface area contributed by atoms with Crippen molar-refractivity contribution in [1.82, 2.24) is 19.6 Å². The zero-order valence-electron chi connectivity index (χ0n) is 22.4. The Bertz CT molecular complexity index is 1240. The van der Waals surface area contributed by atoms with Crippen molar-refractivity contribution >= 4 is 23.5 Å². The number of carbonyl (C=O) groups is 3. The fourth-order valence-electron chi connectivity index (χ4n) is 5.91. The number of nitrogens with zero attached hydrogens (tertiary/aromatic N) is 3. The van der Waals surface area contributed by atoms with Crippen LogP contribution in [0, 0.1) is 11.3 Å². The molecule has 3 N–H and O–H groups in total. The molecule has 2 aromatic heterocycles. The Balaban J connectivity index is 0.000000392. The second-order valence-electron chi connectivity index (χ2n) is 10.4. The largest absolute Gasteiger partial charge is 0.481 e. The molecule has 3 fully saturated rings. The number of benzene rings is 1. The van der Waals surface area contributed by atoms with Gasteiger partial charge in [0.25, 0.3) is 11.9 Å². The zero-order valence-corrected chi connectivity index (χ0v) is 22.4. The molecule has 10 heteroatoms. The number of nitrogens with one attached hydrogen (secondary N) is 1. The molecule has 39 heavy (non-hydrogen) atoms. The van der Waals surface area contributed by atoms with E-state index in [4.69, 9.17) is 29.5 Å². The minimum absolute atomic E-state index is 0.179. The van der Waals surface area contributed by atoms with Crippen molar-refractivity contribution in [3.05, 3.63) is 72.2 Å². The zero-order chi connectivity index (χ0) is 28.0. The first-order valence-electron chi connectivity index (χ1n) is 13.1. The molecule has 1 amide bonds. The lowest BCUT2D eigenvalue weighted by atomic mass is 9.70. The quantitative estimate of drug-likeness (QED) is 0.465. The molecule has 1 aromatic carbocycles. The van der Waals surface area contributed by atoms with E-state index in [1.807, 2.05) is 18.2 Å². The number of rotatable bonds is 3. The summed E-state index contributed by atoms with van der Waals surface area (Å²) in [5.41, 5.74) is 2.80. The van der Waals surface area contributed by atoms with E-state index in [1.165, 1.54) is 5.56 Å². The van der Waals surface area contributed by atoms with Gasteiger partial charge in [0.05, 0.1) is 24.3 Å². The minimum Gasteiger partial charge on any atom is -0.481 e. The summed E-state index contributed by atoms with van der Waals surface area (Å²) in [5.74, 6) is -1.09. The van der Waals surface area contributed by atoms with E-state index in [0.717, 1.165) is 64.2 Å². The molecule has 10 nitrogen and oxygen atoms in total. The summed E-state index contributed by atoms with van der Waals surface area (Å²) >= 11 is 0. The molecule has 3 aliphatic rings. The van der Waals surface area contributed by atoms with E-state index < -0.39 is 11.9 Å². The van der Waals surface area contributed by atoms with E-state index in [9.17, 15) is 4.79 Å². The molecule has 3 aromatic rings. The Morgan fingerprint density at radius 3 is 2.28 bits per heavy atom. The summed E-state index contributed by atoms with van der Waals surface area (Å²) < 4.78 is 7.84. The first-order chi connectivity index (χ1) is 18.7. The molecule has 0 saturated carbocycles. The molecule has 3 aliphatic heterocycles. The summed E-state index contributed by atoms with van der Waals surface area (Å²) in [4.78, 5) is 38.7. The number of amides is 1. The van der Waals surface area contributed by atoms with Gasteiger partial charge in [-0.3, -0.25) is 14.4 Å². The van der Waals surface area contributed by atoms with Crippen molar-refractivity contribution in [2.45, 2.75) is 32.1 Å². The highest BCUT2D eigenvalue weighted by molar-refractivity contribution is 5.84. The third-order valence-corrected chi connectivity index (χ3v) is 7.80. The van der Waals surface area contributed by atoms with Crippen LogP contribution in [0.3, 0.4) is 0 Å². The van der Waals surface area contributed by atoms with Gasteiger partial charge in [0.15, 0.2) is 0 Å². The van der Waals surface area contributed by atoms with Crippen molar-refractivity contribution in [1.29, 1.82) is 0 Å². The van der Waals surface area contributed by atoms with Gasteiger partial charge >= 0.3 is 0 Å². The van der Waals surface area contributed by atoms with E-state index in [2.05, 4.69) is 57.3 Å². The van der Waals surface area contributed by atoms with Gasteiger partial charge in [-0.25, -0.2) is 4.98 Å². The van der Waals surface area contributed by atoms with Crippen LogP contribution in [0.1, 0.15) is 37.9 Å². The van der Waals surface area contributed by atoms with Gasteiger partial charge in [0.2, 0.25) is 5.91 Å². The highest BCUT2D eigenvalue weighted by Gasteiger charge is 2.55. The summed E-state index contributed by atoms with van der Waals surface area (Å²) in [6.45, 7) is 6.53. The number of aliphatic carboxylic acids is 2. The number of carboxylic acid groups (broad SMARTS) is 2. The van der Waals surface area contributed by atoms with Crippen LogP contribution in [0.15, 0.2) is 60.9 Å². The van der Waals surface area contributed by atoms with Crippen LogP contribution in [0.2, 0.25) is 0 Å². The van der Waals surface area contributed by atoms with Gasteiger partial charge in [0, 0.05) is 63.8 Å². The van der Waals surface area contributed by atoms with Gasteiger partial charge in [-0.1, -0.05) is 36.4 Å². The number of aromatic nitrogens is 2. The Labute approximate surface area is 227 Å². The van der Waals surface area contributed by atoms with Gasteiger partial charge in [-0.05, 0) is 30.5 Å². The molecule has 5 heterocycles. The molecule has 0 spiro atoms. The monoisotopic (exact) mass is 536 g/mol. The van der Waals surface area contributed by atoms with E-state index >= 15 is 0 Å². The van der Waals surface area contributed by atoms with Gasteiger partial charge in [0.1, 0.15) is 5.65 Å². The molecule has 208 valence electrons. The van der Waals surface area contributed by atoms with E-state index in [1.54, 1.807) is 0 Å². The normalized spacial score (nSPS) is 23.1. The highest BCUT2D eigenvalue weighted by atomic mass is 16.5. The average Bonchev–Trinajstić information content (AvgIpc) is 3.63. The lowest BCUT2D eigenvalue weighted by Gasteiger charge is -2.43. The second kappa shape index (κ2) is 12.0. The first kappa shape index (κ1) is 28.3. The number of likely N-dealkylation sites (tertiary alicyclic amines) is 1. The number of pyridine rings is 1. The highest BCUT2D eigenvalue weighted by Crippen LogP contribution is 2.44. The van der Waals surface area contributed by atoms with Crippen LogP contribution in [-0.4, -0.2) is 81.7 Å². The molecule has 0 unspecified atom stereocenters. The van der Waals surface area contributed by atoms with Crippen LogP contribution >= 0.6 is 0 Å². The van der Waals surface area contributed by atoms with Crippen LogP contribution in [0.5, 0.6) is 0 Å². The molecule has 6 rings (SSSR count). The minimum atomic E-state index is -0.833. The van der Waals surface area contributed by atoms with Gasteiger partial charge < -0.3 is 29.6 Å². The molecule has 0 aliphatic carbocycles. The molecule has 2 atom stereocenters. The third-order valence-electron chi connectivity index (χ3n) is 7.80. The number of hydrogen-bond donors (Lipinski definition) is 3. The maximum Gasteiger partial charge on any atom is 0.300 e. The lowest BCUT2D eigenvalue weighted by molar-refractivity contribution is -0.144. The Hall–Kier alpha value is -3.76. The van der Waals surface area contributed by atoms with E-state index in [-0.39, 0.29) is 16.7 Å².